The molecule has 0 aromatic heterocycles. The lowest BCUT2D eigenvalue weighted by atomic mass is 9.99. The Hall–Kier alpha value is -1.98. The van der Waals surface area contributed by atoms with Gasteiger partial charge in [-0.25, -0.2) is 8.78 Å². The Morgan fingerprint density at radius 1 is 1.04 bits per heavy atom. The van der Waals surface area contributed by atoms with E-state index < -0.39 is 11.6 Å². The molecule has 2 aromatic carbocycles. The molecule has 0 bridgehead atoms. The van der Waals surface area contributed by atoms with Gasteiger partial charge in [-0.2, -0.15) is 0 Å². The molecule has 0 saturated carbocycles. The van der Waals surface area contributed by atoms with Gasteiger partial charge >= 0.3 is 0 Å². The van der Waals surface area contributed by atoms with Crippen molar-refractivity contribution >= 4 is 0 Å². The van der Waals surface area contributed by atoms with Crippen LogP contribution in [-0.4, -0.2) is 44.4 Å². The van der Waals surface area contributed by atoms with Crippen LogP contribution >= 0.6 is 0 Å². The molecule has 3 rings (SSSR count). The first-order valence-corrected chi connectivity index (χ1v) is 9.00. The molecule has 1 aliphatic rings. The zero-order valence-electron chi connectivity index (χ0n) is 15.4. The first-order valence-electron chi connectivity index (χ1n) is 9.00. The van der Waals surface area contributed by atoms with Crippen LogP contribution in [0.2, 0.25) is 0 Å². The molecule has 1 fully saturated rings. The molecular formula is C21H25F2NO2. The van der Waals surface area contributed by atoms with Crippen LogP contribution in [0.1, 0.15) is 22.3 Å². The Labute approximate surface area is 153 Å². The van der Waals surface area contributed by atoms with E-state index in [9.17, 15) is 8.78 Å². The number of halogens is 2. The summed E-state index contributed by atoms with van der Waals surface area (Å²) >= 11 is 0. The van der Waals surface area contributed by atoms with Gasteiger partial charge in [0, 0.05) is 32.1 Å². The Kier molecular flexibility index (Phi) is 6.22. The zero-order chi connectivity index (χ0) is 18.5. The van der Waals surface area contributed by atoms with Crippen LogP contribution in [-0.2, 0) is 11.2 Å². The maximum Gasteiger partial charge on any atom is 0.129 e. The van der Waals surface area contributed by atoms with E-state index in [-0.39, 0.29) is 0 Å². The van der Waals surface area contributed by atoms with Gasteiger partial charge in [0.05, 0.1) is 13.2 Å². The first kappa shape index (κ1) is 18.8. The van der Waals surface area contributed by atoms with E-state index >= 15 is 0 Å². The molecule has 0 N–H and O–H groups in total. The number of rotatable bonds is 6. The van der Waals surface area contributed by atoms with Gasteiger partial charge in [-0.05, 0) is 36.6 Å². The van der Waals surface area contributed by atoms with Crippen LogP contribution < -0.4 is 4.74 Å². The SMILES string of the molecule is Cc1cc(C)c(OCCN2CCOCC2)c(Cc2ccc(F)cc2F)c1. The van der Waals surface area contributed by atoms with Gasteiger partial charge in [0.15, 0.2) is 0 Å². The number of morpholine rings is 1. The van der Waals surface area contributed by atoms with E-state index in [1.54, 1.807) is 0 Å². The summed E-state index contributed by atoms with van der Waals surface area (Å²) in [6.07, 6.45) is 0.377. The van der Waals surface area contributed by atoms with Crippen molar-refractivity contribution in [3.05, 3.63) is 64.2 Å². The molecule has 0 radical (unpaired) electrons. The van der Waals surface area contributed by atoms with Crippen LogP contribution in [0.15, 0.2) is 30.3 Å². The highest BCUT2D eigenvalue weighted by atomic mass is 19.1. The summed E-state index contributed by atoms with van der Waals surface area (Å²) in [6.45, 7) is 8.78. The summed E-state index contributed by atoms with van der Waals surface area (Å²) in [5.41, 5.74) is 3.52. The lowest BCUT2D eigenvalue weighted by Crippen LogP contribution is -2.38. The molecule has 1 heterocycles. The Morgan fingerprint density at radius 3 is 2.54 bits per heavy atom. The highest BCUT2D eigenvalue weighted by Gasteiger charge is 2.14. The number of aryl methyl sites for hydroxylation is 2. The van der Waals surface area contributed by atoms with Crippen LogP contribution in [0.3, 0.4) is 0 Å². The Morgan fingerprint density at radius 2 is 1.81 bits per heavy atom. The van der Waals surface area contributed by atoms with Crippen molar-refractivity contribution in [2.45, 2.75) is 20.3 Å². The number of benzene rings is 2. The predicted octanol–water partition coefficient (Wildman–Crippen LogP) is 3.88. The fourth-order valence-electron chi connectivity index (χ4n) is 3.35. The second-order valence-corrected chi connectivity index (χ2v) is 6.79. The number of hydrogen-bond acceptors (Lipinski definition) is 3. The third-order valence-corrected chi connectivity index (χ3v) is 4.65. The van der Waals surface area contributed by atoms with Crippen LogP contribution in [0.25, 0.3) is 0 Å². The molecule has 0 spiro atoms. The van der Waals surface area contributed by atoms with Gasteiger partial charge in [-0.15, -0.1) is 0 Å². The summed E-state index contributed by atoms with van der Waals surface area (Å²) in [5.74, 6) is -0.287. The van der Waals surface area contributed by atoms with Crippen LogP contribution in [0.5, 0.6) is 5.75 Å². The molecule has 140 valence electrons. The second kappa shape index (κ2) is 8.60. The minimum atomic E-state index is -0.561. The summed E-state index contributed by atoms with van der Waals surface area (Å²) in [6, 6.07) is 7.80. The Bertz CT molecular complexity index is 758. The summed E-state index contributed by atoms with van der Waals surface area (Å²) in [5, 5.41) is 0. The molecule has 0 unspecified atom stereocenters. The highest BCUT2D eigenvalue weighted by molar-refractivity contribution is 5.46. The minimum Gasteiger partial charge on any atom is -0.492 e. The minimum absolute atomic E-state index is 0.377. The molecule has 0 atom stereocenters. The van der Waals surface area contributed by atoms with E-state index in [2.05, 4.69) is 11.0 Å². The third-order valence-electron chi connectivity index (χ3n) is 4.65. The van der Waals surface area contributed by atoms with E-state index in [4.69, 9.17) is 9.47 Å². The quantitative estimate of drug-likeness (QED) is 0.779. The van der Waals surface area contributed by atoms with Crippen LogP contribution in [0.4, 0.5) is 8.78 Å². The molecular weight excluding hydrogens is 336 g/mol. The fourth-order valence-corrected chi connectivity index (χ4v) is 3.35. The van der Waals surface area contributed by atoms with Crippen molar-refractivity contribution < 1.29 is 18.3 Å². The van der Waals surface area contributed by atoms with Crippen molar-refractivity contribution in [2.75, 3.05) is 39.5 Å². The lowest BCUT2D eigenvalue weighted by molar-refractivity contribution is 0.0321. The molecule has 5 heteroatoms. The number of ether oxygens (including phenoxy) is 2. The van der Waals surface area contributed by atoms with E-state index in [0.29, 0.717) is 18.6 Å². The van der Waals surface area contributed by atoms with Crippen molar-refractivity contribution in [2.24, 2.45) is 0 Å². The van der Waals surface area contributed by atoms with Gasteiger partial charge in [-0.1, -0.05) is 23.8 Å². The molecule has 3 nitrogen and oxygen atoms in total. The maximum atomic E-state index is 14.1. The normalized spacial score (nSPS) is 15.2. The topological polar surface area (TPSA) is 21.7 Å². The average Bonchev–Trinajstić information content (AvgIpc) is 2.60. The number of nitrogens with zero attached hydrogens (tertiary/aromatic N) is 1. The Balaban J connectivity index is 1.73. The largest absolute Gasteiger partial charge is 0.492 e. The summed E-state index contributed by atoms with van der Waals surface area (Å²) in [7, 11) is 0. The van der Waals surface area contributed by atoms with Crippen molar-refractivity contribution in [3.63, 3.8) is 0 Å². The molecule has 26 heavy (non-hydrogen) atoms. The van der Waals surface area contributed by atoms with Gasteiger partial charge in [0.1, 0.15) is 24.0 Å². The standard InChI is InChI=1S/C21H25F2NO2/c1-15-11-16(2)21(26-10-7-24-5-8-25-9-6-24)18(12-15)13-17-3-4-19(22)14-20(17)23/h3-4,11-12,14H,5-10,13H2,1-2H3. The monoisotopic (exact) mass is 361 g/mol. The first-order chi connectivity index (χ1) is 12.5. The van der Waals surface area contributed by atoms with E-state index in [0.717, 1.165) is 61.4 Å². The second-order valence-electron chi connectivity index (χ2n) is 6.79. The van der Waals surface area contributed by atoms with Crippen LogP contribution in [0, 0.1) is 25.5 Å². The summed E-state index contributed by atoms with van der Waals surface area (Å²) < 4.78 is 38.7. The van der Waals surface area contributed by atoms with E-state index in [1.807, 2.05) is 19.9 Å². The molecule has 1 saturated heterocycles. The zero-order valence-corrected chi connectivity index (χ0v) is 15.4. The van der Waals surface area contributed by atoms with Gasteiger partial charge in [0.2, 0.25) is 0 Å². The molecule has 0 amide bonds. The third kappa shape index (κ3) is 4.80. The van der Waals surface area contributed by atoms with Crippen molar-refractivity contribution in [1.82, 2.24) is 4.90 Å². The van der Waals surface area contributed by atoms with Gasteiger partial charge in [-0.3, -0.25) is 4.90 Å². The fraction of sp³-hybridized carbons (Fsp3) is 0.429. The van der Waals surface area contributed by atoms with Crippen molar-refractivity contribution in [3.8, 4) is 5.75 Å². The van der Waals surface area contributed by atoms with Gasteiger partial charge < -0.3 is 9.47 Å². The summed E-state index contributed by atoms with van der Waals surface area (Å²) in [4.78, 5) is 2.31. The lowest BCUT2D eigenvalue weighted by Gasteiger charge is -2.26. The van der Waals surface area contributed by atoms with Gasteiger partial charge in [0.25, 0.3) is 0 Å². The molecule has 0 aliphatic carbocycles. The predicted molar refractivity (Wildman–Crippen MR) is 97.8 cm³/mol. The smallest absolute Gasteiger partial charge is 0.129 e. The van der Waals surface area contributed by atoms with Crippen molar-refractivity contribution in [1.29, 1.82) is 0 Å². The number of hydrogen-bond donors (Lipinski definition) is 0. The highest BCUT2D eigenvalue weighted by Crippen LogP contribution is 2.28. The maximum absolute atomic E-state index is 14.1. The average molecular weight is 361 g/mol. The van der Waals surface area contributed by atoms with E-state index in [1.165, 1.54) is 12.1 Å². The molecule has 2 aromatic rings. The molecule has 1 aliphatic heterocycles.